The van der Waals surface area contributed by atoms with Crippen molar-refractivity contribution in [3.05, 3.63) is 0 Å². The first kappa shape index (κ1) is 9.44. The molecule has 2 aliphatic heterocycles. The van der Waals surface area contributed by atoms with Gasteiger partial charge in [-0.05, 0) is 31.8 Å². The van der Waals surface area contributed by atoms with E-state index in [1.54, 1.807) is 0 Å². The molecule has 13 heavy (non-hydrogen) atoms. The molecule has 2 fully saturated rings. The zero-order valence-electron chi connectivity index (χ0n) is 8.37. The van der Waals surface area contributed by atoms with Crippen LogP contribution in [0.5, 0.6) is 0 Å². The highest BCUT2D eigenvalue weighted by Gasteiger charge is 2.31. The minimum Gasteiger partial charge on any atom is -0.390 e. The van der Waals surface area contributed by atoms with Crippen molar-refractivity contribution in [2.75, 3.05) is 26.2 Å². The lowest BCUT2D eigenvalue weighted by Crippen LogP contribution is -2.46. The number of aliphatic hydroxyl groups excluding tert-OH is 1. The summed E-state index contributed by atoms with van der Waals surface area (Å²) in [4.78, 5) is 2.45. The van der Waals surface area contributed by atoms with Crippen molar-refractivity contribution >= 4 is 0 Å². The van der Waals surface area contributed by atoms with E-state index in [2.05, 4.69) is 17.1 Å². The molecule has 2 rings (SSSR count). The van der Waals surface area contributed by atoms with Crippen LogP contribution in [0.3, 0.4) is 0 Å². The van der Waals surface area contributed by atoms with E-state index in [0.29, 0.717) is 6.04 Å². The van der Waals surface area contributed by atoms with E-state index in [4.69, 9.17) is 0 Å². The van der Waals surface area contributed by atoms with Gasteiger partial charge in [0.05, 0.1) is 6.10 Å². The Hall–Kier alpha value is -0.120. The van der Waals surface area contributed by atoms with Gasteiger partial charge in [0, 0.05) is 19.1 Å². The van der Waals surface area contributed by atoms with Crippen LogP contribution in [0.2, 0.25) is 0 Å². The summed E-state index contributed by atoms with van der Waals surface area (Å²) in [5, 5.41) is 12.9. The fourth-order valence-corrected chi connectivity index (χ4v) is 2.38. The Balaban J connectivity index is 1.86. The first-order valence-electron chi connectivity index (χ1n) is 5.40. The second-order valence-corrected chi connectivity index (χ2v) is 4.51. The van der Waals surface area contributed by atoms with E-state index in [9.17, 15) is 5.11 Å². The lowest BCUT2D eigenvalue weighted by molar-refractivity contribution is 0.0609. The largest absolute Gasteiger partial charge is 0.390 e. The maximum absolute atomic E-state index is 9.70. The maximum Gasteiger partial charge on any atom is 0.0831 e. The third-order valence-electron chi connectivity index (χ3n) is 3.44. The molecular weight excluding hydrogens is 164 g/mol. The van der Waals surface area contributed by atoms with Gasteiger partial charge in [-0.3, -0.25) is 4.90 Å². The lowest BCUT2D eigenvalue weighted by atomic mass is 9.97. The summed E-state index contributed by atoms with van der Waals surface area (Å²) >= 11 is 0. The van der Waals surface area contributed by atoms with E-state index < -0.39 is 0 Å². The summed E-state index contributed by atoms with van der Waals surface area (Å²) in [7, 11) is 0. The number of nitrogens with one attached hydrogen (secondary N) is 1. The Bertz CT molecular complexity index is 166. The van der Waals surface area contributed by atoms with Crippen LogP contribution in [0, 0.1) is 5.92 Å². The van der Waals surface area contributed by atoms with Crippen molar-refractivity contribution < 1.29 is 5.11 Å². The van der Waals surface area contributed by atoms with Gasteiger partial charge >= 0.3 is 0 Å². The minimum absolute atomic E-state index is 0.145. The van der Waals surface area contributed by atoms with Crippen LogP contribution in [0.4, 0.5) is 0 Å². The van der Waals surface area contributed by atoms with E-state index in [1.807, 2.05) is 0 Å². The van der Waals surface area contributed by atoms with Gasteiger partial charge < -0.3 is 10.4 Å². The van der Waals surface area contributed by atoms with Gasteiger partial charge in [-0.1, -0.05) is 6.92 Å². The molecule has 76 valence electrons. The third-order valence-corrected chi connectivity index (χ3v) is 3.44. The molecule has 0 saturated carbocycles. The SMILES string of the molecule is CC1CCN([C@H]2CNC[C@@H]2O)CC1. The zero-order valence-corrected chi connectivity index (χ0v) is 8.37. The predicted octanol–water partition coefficient (Wildman–Crippen LogP) is 0.0510. The van der Waals surface area contributed by atoms with Crippen molar-refractivity contribution in [2.45, 2.75) is 31.9 Å². The van der Waals surface area contributed by atoms with Gasteiger partial charge in [0.2, 0.25) is 0 Å². The van der Waals surface area contributed by atoms with Crippen molar-refractivity contribution in [2.24, 2.45) is 5.92 Å². The van der Waals surface area contributed by atoms with E-state index in [-0.39, 0.29) is 6.10 Å². The Morgan fingerprint density at radius 1 is 1.23 bits per heavy atom. The summed E-state index contributed by atoms with van der Waals surface area (Å²) in [5.74, 6) is 0.878. The number of nitrogens with zero attached hydrogens (tertiary/aromatic N) is 1. The van der Waals surface area contributed by atoms with Crippen molar-refractivity contribution in [1.82, 2.24) is 10.2 Å². The predicted molar refractivity (Wildman–Crippen MR) is 52.6 cm³/mol. The van der Waals surface area contributed by atoms with Crippen LogP contribution in [-0.2, 0) is 0 Å². The fraction of sp³-hybridized carbons (Fsp3) is 1.00. The first-order valence-corrected chi connectivity index (χ1v) is 5.40. The molecule has 2 N–H and O–H groups in total. The van der Waals surface area contributed by atoms with Gasteiger partial charge in [-0.25, -0.2) is 0 Å². The maximum atomic E-state index is 9.70. The molecule has 2 aliphatic rings. The molecule has 0 spiro atoms. The van der Waals surface area contributed by atoms with Crippen LogP contribution in [0.25, 0.3) is 0 Å². The highest BCUT2D eigenvalue weighted by molar-refractivity contribution is 4.90. The zero-order chi connectivity index (χ0) is 9.26. The fourth-order valence-electron chi connectivity index (χ4n) is 2.38. The average Bonchev–Trinajstić information content (AvgIpc) is 2.53. The van der Waals surface area contributed by atoms with Crippen molar-refractivity contribution in [1.29, 1.82) is 0 Å². The minimum atomic E-state index is -0.145. The molecule has 2 heterocycles. The molecular formula is C10H20N2O. The number of piperidine rings is 1. The van der Waals surface area contributed by atoms with Gasteiger partial charge in [0.15, 0.2) is 0 Å². The van der Waals surface area contributed by atoms with Crippen LogP contribution in [0.1, 0.15) is 19.8 Å². The second kappa shape index (κ2) is 3.95. The molecule has 0 aliphatic carbocycles. The van der Waals surface area contributed by atoms with Crippen LogP contribution >= 0.6 is 0 Å². The quantitative estimate of drug-likeness (QED) is 0.604. The molecule has 2 atom stereocenters. The second-order valence-electron chi connectivity index (χ2n) is 4.51. The summed E-state index contributed by atoms with van der Waals surface area (Å²) in [6.07, 6.45) is 2.44. The normalized spacial score (nSPS) is 38.3. The van der Waals surface area contributed by atoms with E-state index >= 15 is 0 Å². The summed E-state index contributed by atoms with van der Waals surface area (Å²) in [6.45, 7) is 6.40. The molecule has 3 heteroatoms. The first-order chi connectivity index (χ1) is 6.27. The smallest absolute Gasteiger partial charge is 0.0831 e. The van der Waals surface area contributed by atoms with Gasteiger partial charge in [-0.2, -0.15) is 0 Å². The number of rotatable bonds is 1. The lowest BCUT2D eigenvalue weighted by Gasteiger charge is -2.35. The number of hydrogen-bond donors (Lipinski definition) is 2. The molecule has 0 amide bonds. The third kappa shape index (κ3) is 2.03. The summed E-state index contributed by atoms with van der Waals surface area (Å²) < 4.78 is 0. The van der Waals surface area contributed by atoms with Crippen LogP contribution in [-0.4, -0.2) is 48.3 Å². The summed E-state index contributed by atoms with van der Waals surface area (Å²) in [6, 6.07) is 0.382. The molecule has 0 bridgehead atoms. The van der Waals surface area contributed by atoms with Gasteiger partial charge in [-0.15, -0.1) is 0 Å². The molecule has 0 aromatic carbocycles. The summed E-state index contributed by atoms with van der Waals surface area (Å²) in [5.41, 5.74) is 0. The monoisotopic (exact) mass is 184 g/mol. The number of aliphatic hydroxyl groups is 1. The number of β-amino-alcohol motifs (C(OH)–C–C–N with tert-alkyl or cyclic N) is 1. The Kier molecular flexibility index (Phi) is 2.86. The average molecular weight is 184 g/mol. The number of hydrogen-bond acceptors (Lipinski definition) is 3. The number of likely N-dealkylation sites (tertiary alicyclic amines) is 1. The van der Waals surface area contributed by atoms with Crippen molar-refractivity contribution in [3.63, 3.8) is 0 Å². The molecule has 0 aromatic heterocycles. The highest BCUT2D eigenvalue weighted by atomic mass is 16.3. The standard InChI is InChI=1S/C10H20N2O/c1-8-2-4-12(5-3-8)9-6-11-7-10(9)13/h8-11,13H,2-7H2,1H3/t9-,10-/m0/s1. The molecule has 3 nitrogen and oxygen atoms in total. The topological polar surface area (TPSA) is 35.5 Å². The Morgan fingerprint density at radius 3 is 2.46 bits per heavy atom. The Morgan fingerprint density at radius 2 is 1.92 bits per heavy atom. The van der Waals surface area contributed by atoms with E-state index in [0.717, 1.165) is 19.0 Å². The Labute approximate surface area is 80.1 Å². The van der Waals surface area contributed by atoms with E-state index in [1.165, 1.54) is 25.9 Å². The molecule has 2 saturated heterocycles. The van der Waals surface area contributed by atoms with Gasteiger partial charge in [0.1, 0.15) is 0 Å². The van der Waals surface area contributed by atoms with Gasteiger partial charge in [0.25, 0.3) is 0 Å². The molecule has 0 aromatic rings. The highest BCUT2D eigenvalue weighted by Crippen LogP contribution is 2.20. The van der Waals surface area contributed by atoms with Crippen LogP contribution in [0.15, 0.2) is 0 Å². The molecule has 0 radical (unpaired) electrons. The van der Waals surface area contributed by atoms with Crippen molar-refractivity contribution in [3.8, 4) is 0 Å². The molecule has 0 unspecified atom stereocenters. The van der Waals surface area contributed by atoms with Crippen LogP contribution < -0.4 is 5.32 Å².